The van der Waals surface area contributed by atoms with Crippen molar-refractivity contribution in [1.29, 1.82) is 0 Å². The van der Waals surface area contributed by atoms with Crippen molar-refractivity contribution in [2.24, 2.45) is 5.10 Å². The first kappa shape index (κ1) is 37.6. The molecule has 0 radical (unpaired) electrons. The zero-order valence-electron chi connectivity index (χ0n) is 26.8. The fourth-order valence-electron chi connectivity index (χ4n) is 5.49. The van der Waals surface area contributed by atoms with Crippen molar-refractivity contribution in [2.75, 3.05) is 11.6 Å². The van der Waals surface area contributed by atoms with Gasteiger partial charge in [0.15, 0.2) is 11.9 Å². The predicted molar refractivity (Wildman–Crippen MR) is 185 cm³/mol. The third-order valence-corrected chi connectivity index (χ3v) is 8.81. The lowest BCUT2D eigenvalue weighted by Gasteiger charge is -2.17. The van der Waals surface area contributed by atoms with Crippen LogP contribution in [0.1, 0.15) is 121 Å². The average Bonchev–Trinajstić information content (AvgIpc) is 3.52. The molecular weight excluding hydrogens is 653 g/mol. The molecule has 3 rings (SSSR count). The third kappa shape index (κ3) is 11.4. The summed E-state index contributed by atoms with van der Waals surface area (Å²) >= 11 is 18.7. The van der Waals surface area contributed by atoms with Gasteiger partial charge in [0.25, 0.3) is 5.91 Å². The number of halogens is 3. The SMILES string of the molecule is CCCCCCCCCCCCCCCCCCNC(=O)NC1=NN(c2c(Cl)cc(Cl)cc2Cl)C(=O)C1n1cc([N+](=O)[O-])c(C)n1. The molecular formula is C32H46Cl3N7O4. The van der Waals surface area contributed by atoms with E-state index in [1.807, 2.05) is 0 Å². The van der Waals surface area contributed by atoms with Crippen molar-refractivity contribution in [3.63, 3.8) is 0 Å². The Labute approximate surface area is 286 Å². The maximum atomic E-state index is 13.6. The largest absolute Gasteiger partial charge is 0.338 e. The number of hydrogen-bond donors (Lipinski definition) is 2. The number of carbonyl (C=O) groups excluding carboxylic acids is 2. The summed E-state index contributed by atoms with van der Waals surface area (Å²) in [6, 6.07) is 0.949. The van der Waals surface area contributed by atoms with Gasteiger partial charge >= 0.3 is 11.7 Å². The highest BCUT2D eigenvalue weighted by Crippen LogP contribution is 2.40. The van der Waals surface area contributed by atoms with Crippen LogP contribution in [-0.4, -0.2) is 39.0 Å². The van der Waals surface area contributed by atoms with E-state index in [1.165, 1.54) is 103 Å². The number of unbranched alkanes of at least 4 members (excludes halogenated alkanes) is 15. The molecule has 0 fully saturated rings. The van der Waals surface area contributed by atoms with E-state index in [1.54, 1.807) is 0 Å². The summed E-state index contributed by atoms with van der Waals surface area (Å²) in [5.74, 6) is -0.759. The minimum atomic E-state index is -1.29. The molecule has 1 aromatic carbocycles. The Morgan fingerprint density at radius 2 is 1.39 bits per heavy atom. The van der Waals surface area contributed by atoms with Crippen LogP contribution in [0.2, 0.25) is 15.1 Å². The molecule has 1 atom stereocenters. The van der Waals surface area contributed by atoms with Gasteiger partial charge in [0.1, 0.15) is 17.6 Å². The minimum Gasteiger partial charge on any atom is -0.338 e. The number of rotatable bonds is 20. The van der Waals surface area contributed by atoms with E-state index < -0.39 is 22.9 Å². The van der Waals surface area contributed by atoms with Gasteiger partial charge in [0, 0.05) is 11.6 Å². The lowest BCUT2D eigenvalue weighted by molar-refractivity contribution is -0.385. The van der Waals surface area contributed by atoms with E-state index in [0.717, 1.165) is 35.2 Å². The molecule has 2 N–H and O–H groups in total. The number of nitrogens with zero attached hydrogens (tertiary/aromatic N) is 5. The number of aryl methyl sites for hydroxylation is 1. The van der Waals surface area contributed by atoms with Gasteiger partial charge < -0.3 is 5.32 Å². The molecule has 0 saturated carbocycles. The highest BCUT2D eigenvalue weighted by Gasteiger charge is 2.42. The monoisotopic (exact) mass is 697 g/mol. The molecule has 1 aliphatic rings. The summed E-state index contributed by atoms with van der Waals surface area (Å²) in [5, 5.41) is 26.6. The normalized spacial score (nSPS) is 14.5. The van der Waals surface area contributed by atoms with Crippen molar-refractivity contribution in [3.8, 4) is 0 Å². The van der Waals surface area contributed by atoms with Crippen LogP contribution in [0.15, 0.2) is 23.4 Å². The fraction of sp³-hybridized carbons (Fsp3) is 0.625. The highest BCUT2D eigenvalue weighted by atomic mass is 35.5. The van der Waals surface area contributed by atoms with Crippen LogP contribution in [0.25, 0.3) is 0 Å². The number of aromatic nitrogens is 2. The Kier molecular flexibility index (Phi) is 16.1. The zero-order valence-corrected chi connectivity index (χ0v) is 29.1. The second kappa shape index (κ2) is 19.7. The third-order valence-electron chi connectivity index (χ3n) is 8.01. The van der Waals surface area contributed by atoms with E-state index in [2.05, 4.69) is 27.8 Å². The summed E-state index contributed by atoms with van der Waals surface area (Å²) < 4.78 is 1.10. The van der Waals surface area contributed by atoms with E-state index >= 15 is 0 Å². The number of urea groups is 1. The number of hydrogen-bond acceptors (Lipinski definition) is 6. The highest BCUT2D eigenvalue weighted by molar-refractivity contribution is 6.42. The van der Waals surface area contributed by atoms with Gasteiger partial charge in [-0.05, 0) is 25.5 Å². The van der Waals surface area contributed by atoms with Gasteiger partial charge in [0.05, 0.1) is 15.0 Å². The Balaban J connectivity index is 1.43. The maximum Gasteiger partial charge on any atom is 0.320 e. The van der Waals surface area contributed by atoms with Crippen LogP contribution < -0.4 is 15.6 Å². The van der Waals surface area contributed by atoms with Crippen molar-refractivity contribution >= 4 is 64.0 Å². The number of amides is 3. The smallest absolute Gasteiger partial charge is 0.320 e. The molecule has 0 saturated heterocycles. The molecule has 46 heavy (non-hydrogen) atoms. The summed E-state index contributed by atoms with van der Waals surface area (Å²) in [4.78, 5) is 37.2. The molecule has 1 aliphatic heterocycles. The number of amidine groups is 1. The molecule has 0 aliphatic carbocycles. The van der Waals surface area contributed by atoms with Crippen LogP contribution in [0.3, 0.4) is 0 Å². The molecule has 3 amide bonds. The second-order valence-corrected chi connectivity index (χ2v) is 13.0. The summed E-state index contributed by atoms with van der Waals surface area (Å²) in [5.41, 5.74) is -0.112. The number of anilines is 1. The van der Waals surface area contributed by atoms with Crippen molar-refractivity contribution in [3.05, 3.63) is 49.2 Å². The van der Waals surface area contributed by atoms with Gasteiger partial charge in [-0.25, -0.2) is 9.48 Å². The zero-order chi connectivity index (χ0) is 33.5. The Bertz CT molecular complexity index is 1330. The van der Waals surface area contributed by atoms with E-state index in [4.69, 9.17) is 34.8 Å². The van der Waals surface area contributed by atoms with Crippen LogP contribution >= 0.6 is 34.8 Å². The average molecular weight is 699 g/mol. The Morgan fingerprint density at radius 1 is 0.891 bits per heavy atom. The van der Waals surface area contributed by atoms with Gasteiger partial charge in [-0.1, -0.05) is 138 Å². The van der Waals surface area contributed by atoms with E-state index in [-0.39, 0.29) is 38.0 Å². The molecule has 0 bridgehead atoms. The first-order valence-corrected chi connectivity index (χ1v) is 17.6. The van der Waals surface area contributed by atoms with Gasteiger partial charge in [0.2, 0.25) is 0 Å². The fourth-order valence-corrected chi connectivity index (χ4v) is 6.47. The second-order valence-electron chi connectivity index (χ2n) is 11.8. The molecule has 0 spiro atoms. The van der Waals surface area contributed by atoms with Crippen molar-refractivity contribution < 1.29 is 14.5 Å². The van der Waals surface area contributed by atoms with Gasteiger partial charge in [-0.3, -0.25) is 20.2 Å². The summed E-state index contributed by atoms with van der Waals surface area (Å²) in [7, 11) is 0. The van der Waals surface area contributed by atoms with Gasteiger partial charge in [-0.15, -0.1) is 5.10 Å². The lowest BCUT2D eigenvalue weighted by atomic mass is 10.0. The molecule has 2 aromatic rings. The summed E-state index contributed by atoms with van der Waals surface area (Å²) in [6.45, 7) is 4.15. The van der Waals surface area contributed by atoms with Crippen molar-refractivity contribution in [2.45, 2.75) is 123 Å². The van der Waals surface area contributed by atoms with Gasteiger partial charge in [-0.2, -0.15) is 10.1 Å². The number of nitro groups is 1. The molecule has 254 valence electrons. The number of hydrazone groups is 1. The lowest BCUT2D eigenvalue weighted by Crippen LogP contribution is -2.43. The quantitative estimate of drug-likeness (QED) is 0.0807. The standard InChI is InChI=1S/C32H46Cl3N7O4/c1-3-4-5-6-7-8-9-10-11-12-13-14-15-16-17-18-19-36-32(44)37-30-29(40-22-27(42(45)46)23(2)38-40)31(43)41(39-30)28-25(34)20-24(33)21-26(28)35/h20-22,29H,3-19H2,1-2H3,(H2,36,37,39,44). The molecule has 14 heteroatoms. The molecule has 2 heterocycles. The van der Waals surface area contributed by atoms with Crippen LogP contribution in [0.4, 0.5) is 16.2 Å². The van der Waals surface area contributed by atoms with Crippen LogP contribution in [-0.2, 0) is 4.79 Å². The first-order valence-electron chi connectivity index (χ1n) is 16.5. The number of carbonyl (C=O) groups is 2. The topological polar surface area (TPSA) is 135 Å². The Hall–Kier alpha value is -2.89. The molecule has 1 unspecified atom stereocenters. The first-order chi connectivity index (χ1) is 22.1. The van der Waals surface area contributed by atoms with Crippen molar-refractivity contribution in [1.82, 2.24) is 20.4 Å². The number of nitrogens with one attached hydrogen (secondary N) is 2. The maximum absolute atomic E-state index is 13.6. The van der Waals surface area contributed by atoms with Crippen LogP contribution in [0.5, 0.6) is 0 Å². The summed E-state index contributed by atoms with van der Waals surface area (Å²) in [6.07, 6.45) is 21.3. The number of benzene rings is 1. The van der Waals surface area contributed by atoms with Crippen LogP contribution in [0, 0.1) is 17.0 Å². The molecule has 11 nitrogen and oxygen atoms in total. The minimum absolute atomic E-state index is 0.0603. The predicted octanol–water partition coefficient (Wildman–Crippen LogP) is 9.52. The van der Waals surface area contributed by atoms with E-state index in [0.29, 0.717) is 6.54 Å². The Morgan fingerprint density at radius 3 is 1.87 bits per heavy atom. The van der Waals surface area contributed by atoms with E-state index in [9.17, 15) is 19.7 Å². The molecule has 1 aromatic heterocycles.